The average molecular weight is 353 g/mol. The maximum atomic E-state index is 11.3. The summed E-state index contributed by atoms with van der Waals surface area (Å²) < 4.78 is 55.7. The molecular formula is C14H14BO6S2. The van der Waals surface area contributed by atoms with E-state index in [-0.39, 0.29) is 9.79 Å². The van der Waals surface area contributed by atoms with Crippen molar-refractivity contribution in [3.63, 3.8) is 0 Å². The van der Waals surface area contributed by atoms with E-state index in [0.717, 1.165) is 20.2 Å². The third-order valence-corrected chi connectivity index (χ3v) is 5.13. The number of benzene rings is 2. The molecule has 9 heteroatoms. The smallest absolute Gasteiger partial charge is 0.526 e. The van der Waals surface area contributed by atoms with Crippen LogP contribution in [0, 0.1) is 0 Å². The Morgan fingerprint density at radius 3 is 1.22 bits per heavy atom. The number of sulfone groups is 2. The summed E-state index contributed by atoms with van der Waals surface area (Å²) in [4.78, 5) is 0.393. The van der Waals surface area contributed by atoms with Crippen LogP contribution in [0.5, 0.6) is 11.5 Å². The standard InChI is InChI=1S/C14H14BO6S2/c1-22(16,17)13-7-3-11(4-8-13)20-15-21-12-5-9-14(10-6-12)23(2,18)19/h3-10H,1-2H3. The first kappa shape index (κ1) is 17.4. The van der Waals surface area contributed by atoms with Gasteiger partial charge in [-0.25, -0.2) is 16.8 Å². The molecule has 0 heterocycles. The van der Waals surface area contributed by atoms with E-state index in [0.29, 0.717) is 11.5 Å². The highest BCUT2D eigenvalue weighted by molar-refractivity contribution is 7.91. The first-order valence-corrected chi connectivity index (χ1v) is 10.2. The monoisotopic (exact) mass is 353 g/mol. The van der Waals surface area contributed by atoms with Gasteiger partial charge in [0.15, 0.2) is 19.7 Å². The van der Waals surface area contributed by atoms with Crippen molar-refractivity contribution in [1.82, 2.24) is 0 Å². The van der Waals surface area contributed by atoms with Gasteiger partial charge in [-0.2, -0.15) is 0 Å². The summed E-state index contributed by atoms with van der Waals surface area (Å²) in [5.74, 6) is 0.815. The summed E-state index contributed by atoms with van der Waals surface area (Å²) in [5.41, 5.74) is 0. The Morgan fingerprint density at radius 1 is 0.652 bits per heavy atom. The molecule has 121 valence electrons. The minimum atomic E-state index is -3.25. The molecule has 0 aliphatic heterocycles. The van der Waals surface area contributed by atoms with Crippen LogP contribution in [-0.4, -0.2) is 37.0 Å². The molecule has 0 spiro atoms. The van der Waals surface area contributed by atoms with Gasteiger partial charge in [0.1, 0.15) is 11.5 Å². The van der Waals surface area contributed by atoms with Crippen LogP contribution in [0.25, 0.3) is 0 Å². The van der Waals surface area contributed by atoms with E-state index in [1.165, 1.54) is 48.5 Å². The van der Waals surface area contributed by atoms with Crippen molar-refractivity contribution < 1.29 is 26.1 Å². The Labute approximate surface area is 136 Å². The quantitative estimate of drug-likeness (QED) is 0.732. The van der Waals surface area contributed by atoms with Crippen molar-refractivity contribution in [2.24, 2.45) is 0 Å². The van der Waals surface area contributed by atoms with Gasteiger partial charge in [0.05, 0.1) is 9.79 Å². The maximum absolute atomic E-state index is 11.3. The SMILES string of the molecule is CS(=O)(=O)c1ccc(O[B]Oc2ccc(S(C)(=O)=O)cc2)cc1. The zero-order valence-electron chi connectivity index (χ0n) is 12.5. The summed E-state index contributed by atoms with van der Waals surface area (Å²) in [7, 11) is -5.42. The van der Waals surface area contributed by atoms with Gasteiger partial charge in [-0.3, -0.25) is 0 Å². The largest absolute Gasteiger partial charge is 0.658 e. The van der Waals surface area contributed by atoms with Crippen LogP contribution in [0.2, 0.25) is 0 Å². The fourth-order valence-corrected chi connectivity index (χ4v) is 2.93. The molecule has 0 aliphatic rings. The van der Waals surface area contributed by atoms with Crippen LogP contribution in [-0.2, 0) is 19.7 Å². The van der Waals surface area contributed by atoms with E-state index in [9.17, 15) is 16.8 Å². The summed E-state index contributed by atoms with van der Waals surface area (Å²) >= 11 is 0. The second-order valence-electron chi connectivity index (χ2n) is 4.82. The molecule has 1 radical (unpaired) electrons. The number of hydrogen-bond acceptors (Lipinski definition) is 6. The van der Waals surface area contributed by atoms with Gasteiger partial charge in [-0.05, 0) is 48.5 Å². The fourth-order valence-electron chi connectivity index (χ4n) is 1.67. The minimum absolute atomic E-state index is 0.196. The van der Waals surface area contributed by atoms with Crippen molar-refractivity contribution in [3.05, 3.63) is 48.5 Å². The topological polar surface area (TPSA) is 86.7 Å². The molecule has 2 aromatic carbocycles. The Hall–Kier alpha value is -2.00. The van der Waals surface area contributed by atoms with Crippen molar-refractivity contribution >= 4 is 27.4 Å². The zero-order chi connectivity index (χ0) is 17.1. The molecule has 2 aromatic rings. The maximum Gasteiger partial charge on any atom is 0.658 e. The van der Waals surface area contributed by atoms with Crippen LogP contribution in [0.4, 0.5) is 0 Å². The lowest BCUT2D eigenvalue weighted by atomic mass is 10.3. The highest BCUT2D eigenvalue weighted by Gasteiger charge is 2.09. The second-order valence-corrected chi connectivity index (χ2v) is 8.85. The molecule has 0 bridgehead atoms. The molecule has 0 atom stereocenters. The third kappa shape index (κ3) is 5.00. The van der Waals surface area contributed by atoms with Crippen molar-refractivity contribution in [1.29, 1.82) is 0 Å². The van der Waals surface area contributed by atoms with Gasteiger partial charge in [0.2, 0.25) is 0 Å². The number of hydrogen-bond donors (Lipinski definition) is 0. The number of rotatable bonds is 6. The molecular weight excluding hydrogens is 339 g/mol. The predicted molar refractivity (Wildman–Crippen MR) is 86.1 cm³/mol. The molecule has 0 aliphatic carbocycles. The summed E-state index contributed by atoms with van der Waals surface area (Å²) in [5, 5.41) is 0. The van der Waals surface area contributed by atoms with Crippen LogP contribution in [0.15, 0.2) is 58.3 Å². The Bertz CT molecular complexity index is 796. The molecule has 0 unspecified atom stereocenters. The van der Waals surface area contributed by atoms with Crippen LogP contribution in [0.3, 0.4) is 0 Å². The van der Waals surface area contributed by atoms with Gasteiger partial charge in [-0.1, -0.05) is 0 Å². The van der Waals surface area contributed by atoms with E-state index in [1.807, 2.05) is 0 Å². The van der Waals surface area contributed by atoms with E-state index in [1.54, 1.807) is 0 Å². The average Bonchev–Trinajstić information content (AvgIpc) is 2.46. The molecule has 0 amide bonds. The van der Waals surface area contributed by atoms with Crippen molar-refractivity contribution in [3.8, 4) is 11.5 Å². The summed E-state index contributed by atoms with van der Waals surface area (Å²) in [6.07, 6.45) is 2.25. The normalized spacial score (nSPS) is 11.7. The van der Waals surface area contributed by atoms with Gasteiger partial charge in [0, 0.05) is 12.5 Å². The van der Waals surface area contributed by atoms with E-state index < -0.39 is 19.7 Å². The first-order chi connectivity index (χ1) is 10.7. The molecule has 0 saturated heterocycles. The molecule has 23 heavy (non-hydrogen) atoms. The minimum Gasteiger partial charge on any atom is -0.526 e. The van der Waals surface area contributed by atoms with Crippen molar-refractivity contribution in [2.75, 3.05) is 12.5 Å². The molecule has 0 saturated carbocycles. The van der Waals surface area contributed by atoms with Gasteiger partial charge in [0.25, 0.3) is 0 Å². The third-order valence-electron chi connectivity index (χ3n) is 2.87. The zero-order valence-corrected chi connectivity index (χ0v) is 14.1. The highest BCUT2D eigenvalue weighted by Crippen LogP contribution is 2.17. The fraction of sp³-hybridized carbons (Fsp3) is 0.143. The van der Waals surface area contributed by atoms with Crippen molar-refractivity contribution in [2.45, 2.75) is 9.79 Å². The Balaban J connectivity index is 1.92. The second kappa shape index (κ2) is 6.63. The van der Waals surface area contributed by atoms with Crippen LogP contribution < -0.4 is 9.31 Å². The molecule has 2 rings (SSSR count). The lowest BCUT2D eigenvalue weighted by Crippen LogP contribution is -2.11. The van der Waals surface area contributed by atoms with E-state index >= 15 is 0 Å². The van der Waals surface area contributed by atoms with Gasteiger partial charge >= 0.3 is 7.69 Å². The first-order valence-electron chi connectivity index (χ1n) is 6.41. The molecule has 0 fully saturated rings. The lowest BCUT2D eigenvalue weighted by molar-refractivity contribution is 0.458. The summed E-state index contributed by atoms with van der Waals surface area (Å²) in [6.45, 7) is 0. The summed E-state index contributed by atoms with van der Waals surface area (Å²) in [6, 6.07) is 11.7. The Morgan fingerprint density at radius 2 is 0.957 bits per heavy atom. The highest BCUT2D eigenvalue weighted by atomic mass is 32.2. The molecule has 0 aromatic heterocycles. The van der Waals surface area contributed by atoms with Crippen LogP contribution >= 0.6 is 0 Å². The van der Waals surface area contributed by atoms with Gasteiger partial charge in [-0.15, -0.1) is 0 Å². The van der Waals surface area contributed by atoms with E-state index in [4.69, 9.17) is 9.31 Å². The van der Waals surface area contributed by atoms with Crippen LogP contribution in [0.1, 0.15) is 0 Å². The van der Waals surface area contributed by atoms with E-state index in [2.05, 4.69) is 0 Å². The molecule has 0 N–H and O–H groups in total. The lowest BCUT2D eigenvalue weighted by Gasteiger charge is -2.07. The Kier molecular flexibility index (Phi) is 5.01. The molecule has 6 nitrogen and oxygen atoms in total. The van der Waals surface area contributed by atoms with Gasteiger partial charge < -0.3 is 9.31 Å². The predicted octanol–water partition coefficient (Wildman–Crippen LogP) is 1.49.